The van der Waals surface area contributed by atoms with Gasteiger partial charge in [-0.3, -0.25) is 0 Å². The minimum Gasteiger partial charge on any atom is -0.496 e. The molecule has 1 saturated carbocycles. The predicted molar refractivity (Wildman–Crippen MR) is 123 cm³/mol. The van der Waals surface area contributed by atoms with Gasteiger partial charge in [0, 0.05) is 17.5 Å². The normalized spacial score (nSPS) is 26.0. The van der Waals surface area contributed by atoms with Gasteiger partial charge >= 0.3 is 0 Å². The molecule has 4 atom stereocenters. The highest BCUT2D eigenvalue weighted by molar-refractivity contribution is 6.01. The molecule has 7 heteroatoms. The first-order valence-corrected chi connectivity index (χ1v) is 10.9. The topological polar surface area (TPSA) is 123 Å². The third kappa shape index (κ3) is 3.70. The second kappa shape index (κ2) is 8.80. The van der Waals surface area contributed by atoms with Gasteiger partial charge in [-0.1, -0.05) is 26.8 Å². The average molecular weight is 447 g/mol. The third-order valence-electron chi connectivity index (χ3n) is 7.30. The Morgan fingerprint density at radius 2 is 1.55 bits per heavy atom. The summed E-state index contributed by atoms with van der Waals surface area (Å²) in [7, 11) is 4.56. The Morgan fingerprint density at radius 1 is 0.970 bits per heavy atom. The van der Waals surface area contributed by atoms with E-state index in [1.165, 1.54) is 21.3 Å². The number of hydrogen-bond donors (Lipinski definition) is 1. The fourth-order valence-corrected chi connectivity index (χ4v) is 5.37. The summed E-state index contributed by atoms with van der Waals surface area (Å²) < 4.78 is 16.6. The van der Waals surface area contributed by atoms with Crippen LogP contribution in [0.1, 0.15) is 45.1 Å². The molecule has 3 rings (SSSR count). The van der Waals surface area contributed by atoms with E-state index in [0.717, 1.165) is 12.0 Å². The first-order chi connectivity index (χ1) is 15.6. The minimum atomic E-state index is -1.81. The van der Waals surface area contributed by atoms with E-state index < -0.39 is 17.3 Å². The molecule has 0 spiro atoms. The van der Waals surface area contributed by atoms with Gasteiger partial charge in [0.1, 0.15) is 11.7 Å². The van der Waals surface area contributed by atoms with Crippen molar-refractivity contribution in [2.24, 2.45) is 28.6 Å². The van der Waals surface area contributed by atoms with E-state index in [1.807, 2.05) is 0 Å². The van der Waals surface area contributed by atoms with Crippen LogP contribution in [0.2, 0.25) is 0 Å². The molecule has 0 bridgehead atoms. The van der Waals surface area contributed by atoms with Crippen molar-refractivity contribution in [2.45, 2.75) is 39.5 Å². The SMILES string of the molecule is COc1cc(OC)c([C@@H]2[C@H]3CC(C(C)(C)C)CC=C3C(C#N)C(=N)C2(C#N)C#N)cc1OC. The van der Waals surface area contributed by atoms with Gasteiger partial charge in [-0.15, -0.1) is 0 Å². The van der Waals surface area contributed by atoms with Crippen molar-refractivity contribution >= 4 is 5.71 Å². The van der Waals surface area contributed by atoms with E-state index >= 15 is 0 Å². The van der Waals surface area contributed by atoms with Crippen molar-refractivity contribution < 1.29 is 14.2 Å². The molecule has 1 aromatic carbocycles. The highest BCUT2D eigenvalue weighted by Gasteiger charge is 2.59. The van der Waals surface area contributed by atoms with Gasteiger partial charge in [-0.05, 0) is 41.7 Å². The van der Waals surface area contributed by atoms with Crippen LogP contribution in [0.15, 0.2) is 23.8 Å². The molecular weight excluding hydrogens is 416 g/mol. The number of fused-ring (bicyclic) bond motifs is 1. The zero-order valence-corrected chi connectivity index (χ0v) is 20.0. The Bertz CT molecular complexity index is 1100. The number of benzene rings is 1. The molecule has 172 valence electrons. The summed E-state index contributed by atoms with van der Waals surface area (Å²) in [4.78, 5) is 0. The van der Waals surface area contributed by atoms with Crippen LogP contribution in [0.25, 0.3) is 0 Å². The lowest BCUT2D eigenvalue weighted by atomic mass is 9.51. The van der Waals surface area contributed by atoms with Crippen LogP contribution in [-0.4, -0.2) is 27.0 Å². The summed E-state index contributed by atoms with van der Waals surface area (Å²) in [6.45, 7) is 6.53. The summed E-state index contributed by atoms with van der Waals surface area (Å²) in [5.74, 6) is -0.206. The minimum absolute atomic E-state index is 0.00328. The van der Waals surface area contributed by atoms with Gasteiger partial charge in [-0.25, -0.2) is 0 Å². The number of nitriles is 3. The monoisotopic (exact) mass is 446 g/mol. The van der Waals surface area contributed by atoms with Crippen LogP contribution in [0.3, 0.4) is 0 Å². The summed E-state index contributed by atoms with van der Waals surface area (Å²) in [6.07, 6.45) is 3.56. The molecule has 2 aliphatic rings. The molecule has 0 radical (unpaired) electrons. The number of allylic oxidation sites excluding steroid dienone is 2. The van der Waals surface area contributed by atoms with Gasteiger partial charge in [0.05, 0.1) is 45.2 Å². The van der Waals surface area contributed by atoms with Crippen LogP contribution < -0.4 is 14.2 Å². The number of rotatable bonds is 4. The van der Waals surface area contributed by atoms with Gasteiger partial charge < -0.3 is 19.6 Å². The molecule has 1 fully saturated rings. The Kier molecular flexibility index (Phi) is 6.44. The molecule has 1 N–H and O–H groups in total. The zero-order valence-electron chi connectivity index (χ0n) is 20.0. The maximum absolute atomic E-state index is 10.3. The van der Waals surface area contributed by atoms with Gasteiger partial charge in [-0.2, -0.15) is 15.8 Å². The van der Waals surface area contributed by atoms with Gasteiger partial charge in [0.25, 0.3) is 0 Å². The smallest absolute Gasteiger partial charge is 0.189 e. The molecule has 0 aliphatic heterocycles. The van der Waals surface area contributed by atoms with Crippen molar-refractivity contribution in [1.29, 1.82) is 21.2 Å². The van der Waals surface area contributed by atoms with E-state index in [2.05, 4.69) is 45.1 Å². The van der Waals surface area contributed by atoms with E-state index in [9.17, 15) is 15.8 Å². The first-order valence-electron chi connectivity index (χ1n) is 10.9. The Morgan fingerprint density at radius 3 is 2.03 bits per heavy atom. The van der Waals surface area contributed by atoms with E-state index in [4.69, 9.17) is 19.6 Å². The Hall–Kier alpha value is -3.50. The second-order valence-corrected chi connectivity index (χ2v) is 9.78. The largest absolute Gasteiger partial charge is 0.496 e. The summed E-state index contributed by atoms with van der Waals surface area (Å²) in [5.41, 5.74) is -0.553. The molecular formula is C26H30N4O3. The van der Waals surface area contributed by atoms with E-state index in [1.54, 1.807) is 12.1 Å². The third-order valence-corrected chi connectivity index (χ3v) is 7.30. The Labute approximate surface area is 195 Å². The molecule has 2 unspecified atom stereocenters. The van der Waals surface area contributed by atoms with Crippen molar-refractivity contribution in [3.63, 3.8) is 0 Å². The summed E-state index contributed by atoms with van der Waals surface area (Å²) in [5, 5.41) is 39.4. The molecule has 7 nitrogen and oxygen atoms in total. The Balaban J connectivity index is 2.35. The van der Waals surface area contributed by atoms with Gasteiger partial charge in [0.15, 0.2) is 16.9 Å². The molecule has 0 amide bonds. The number of ether oxygens (including phenoxy) is 3. The number of hydrogen-bond acceptors (Lipinski definition) is 7. The van der Waals surface area contributed by atoms with E-state index in [0.29, 0.717) is 35.2 Å². The zero-order chi connectivity index (χ0) is 24.6. The highest BCUT2D eigenvalue weighted by atomic mass is 16.5. The fraction of sp³-hybridized carbons (Fsp3) is 0.538. The highest BCUT2D eigenvalue weighted by Crippen LogP contribution is 2.59. The lowest BCUT2D eigenvalue weighted by Crippen LogP contribution is -2.50. The second-order valence-electron chi connectivity index (χ2n) is 9.78. The average Bonchev–Trinajstić information content (AvgIpc) is 2.81. The number of nitrogens with one attached hydrogen (secondary N) is 1. The summed E-state index contributed by atoms with van der Waals surface area (Å²) >= 11 is 0. The maximum Gasteiger partial charge on any atom is 0.189 e. The van der Waals surface area contributed by atoms with Crippen LogP contribution in [0.5, 0.6) is 17.2 Å². The molecule has 33 heavy (non-hydrogen) atoms. The van der Waals surface area contributed by atoms with Crippen molar-refractivity contribution in [3.8, 4) is 35.5 Å². The predicted octanol–water partition coefficient (Wildman–Crippen LogP) is 5.00. The summed E-state index contributed by atoms with van der Waals surface area (Å²) in [6, 6.07) is 9.91. The lowest BCUT2D eigenvalue weighted by Gasteiger charge is -2.49. The molecule has 2 aliphatic carbocycles. The van der Waals surface area contributed by atoms with Crippen LogP contribution >= 0.6 is 0 Å². The quantitative estimate of drug-likeness (QED) is 0.649. The standard InChI is InChI=1S/C26H30N4O3/c1-25(2,3)15-7-8-16-17(9-15)23(26(13-28,14-29)24(30)19(16)12-27)18-10-21(32-5)22(33-6)11-20(18)31-4/h8,10-11,15,17,19,23,30H,7,9H2,1-6H3/t15?,17-,19?,23-/m0/s1. The molecule has 1 aromatic rings. The lowest BCUT2D eigenvalue weighted by molar-refractivity contribution is 0.167. The molecule has 0 saturated heterocycles. The van der Waals surface area contributed by atoms with Crippen molar-refractivity contribution in [1.82, 2.24) is 0 Å². The molecule has 0 aromatic heterocycles. The van der Waals surface area contributed by atoms with Crippen molar-refractivity contribution in [3.05, 3.63) is 29.3 Å². The van der Waals surface area contributed by atoms with Crippen LogP contribution in [-0.2, 0) is 0 Å². The van der Waals surface area contributed by atoms with Crippen LogP contribution in [0.4, 0.5) is 0 Å². The molecule has 0 heterocycles. The maximum atomic E-state index is 10.3. The van der Waals surface area contributed by atoms with Crippen molar-refractivity contribution in [2.75, 3.05) is 21.3 Å². The van der Waals surface area contributed by atoms with Gasteiger partial charge in [0.2, 0.25) is 0 Å². The first kappa shape index (κ1) is 24.1. The number of methoxy groups -OCH3 is 3. The van der Waals surface area contributed by atoms with Crippen LogP contribution in [0, 0.1) is 68.0 Å². The van der Waals surface area contributed by atoms with E-state index in [-0.39, 0.29) is 17.0 Å². The number of nitrogens with zero attached hydrogens (tertiary/aromatic N) is 3. The fourth-order valence-electron chi connectivity index (χ4n) is 5.37.